The Morgan fingerprint density at radius 3 is 2.26 bits per heavy atom. The minimum Gasteiger partial charge on any atom is -0.306 e. The van der Waals surface area contributed by atoms with Crippen molar-refractivity contribution in [3.05, 3.63) is 119 Å². The lowest BCUT2D eigenvalue weighted by molar-refractivity contribution is 0.0996. The summed E-state index contributed by atoms with van der Waals surface area (Å²) in [5, 5.41) is 8.55. The van der Waals surface area contributed by atoms with Crippen LogP contribution < -0.4 is 5.32 Å². The molecule has 5 rings (SSSR count). The third-order valence-corrected chi connectivity index (χ3v) is 5.65. The van der Waals surface area contributed by atoms with Gasteiger partial charge in [-0.15, -0.1) is 0 Å². The fraction of sp³-hybridized carbons (Fsp3) is 0.0714. The Hall–Kier alpha value is -4.58. The first-order valence-corrected chi connectivity index (χ1v) is 10.9. The van der Waals surface area contributed by atoms with Crippen molar-refractivity contribution in [3.63, 3.8) is 0 Å². The molecule has 0 bridgehead atoms. The largest absolute Gasteiger partial charge is 0.306 e. The SMILES string of the molecule is Cc1cc(NC(=O)c2ccccc2C(=O)c2ccccc2)n(-c2cc(C)c3ccccc3n2)n1. The van der Waals surface area contributed by atoms with Crippen molar-refractivity contribution >= 4 is 28.4 Å². The number of rotatable bonds is 5. The summed E-state index contributed by atoms with van der Waals surface area (Å²) in [5.41, 5.74) is 3.81. The Morgan fingerprint density at radius 1 is 0.794 bits per heavy atom. The molecule has 34 heavy (non-hydrogen) atoms. The van der Waals surface area contributed by atoms with E-state index in [9.17, 15) is 9.59 Å². The summed E-state index contributed by atoms with van der Waals surface area (Å²) in [6, 6.07) is 27.4. The summed E-state index contributed by atoms with van der Waals surface area (Å²) in [5.74, 6) is 0.487. The standard InChI is InChI=1S/C28H22N4O2/c1-18-16-25(29-24-15-9-8-12-21(18)24)32-26(17-19(2)31-32)30-28(34)23-14-7-6-13-22(23)27(33)20-10-4-3-5-11-20/h3-17H,1-2H3,(H,30,34). The van der Waals surface area contributed by atoms with E-state index in [-0.39, 0.29) is 5.78 Å². The van der Waals surface area contributed by atoms with Gasteiger partial charge in [0.1, 0.15) is 5.82 Å². The number of hydrogen-bond acceptors (Lipinski definition) is 4. The molecule has 0 aliphatic carbocycles. The van der Waals surface area contributed by atoms with Gasteiger partial charge in [0.15, 0.2) is 11.6 Å². The lowest BCUT2D eigenvalue weighted by atomic mass is 9.98. The van der Waals surface area contributed by atoms with E-state index in [0.29, 0.717) is 28.3 Å². The number of pyridine rings is 1. The summed E-state index contributed by atoms with van der Waals surface area (Å²) < 4.78 is 1.62. The summed E-state index contributed by atoms with van der Waals surface area (Å²) in [6.45, 7) is 3.88. The summed E-state index contributed by atoms with van der Waals surface area (Å²) >= 11 is 0. The number of para-hydroxylation sites is 1. The molecule has 0 atom stereocenters. The van der Waals surface area contributed by atoms with E-state index >= 15 is 0 Å². The summed E-state index contributed by atoms with van der Waals surface area (Å²) in [7, 11) is 0. The number of carbonyl (C=O) groups is 2. The second-order valence-corrected chi connectivity index (χ2v) is 8.09. The van der Waals surface area contributed by atoms with Crippen LogP contribution >= 0.6 is 0 Å². The Kier molecular flexibility index (Phi) is 5.47. The monoisotopic (exact) mass is 446 g/mol. The Morgan fingerprint density at radius 2 is 1.47 bits per heavy atom. The number of ketones is 1. The predicted octanol–water partition coefficient (Wildman–Crippen LogP) is 5.52. The van der Waals surface area contributed by atoms with Gasteiger partial charge in [0, 0.05) is 22.6 Å². The molecule has 0 saturated carbocycles. The van der Waals surface area contributed by atoms with Crippen LogP contribution in [-0.4, -0.2) is 26.5 Å². The maximum atomic E-state index is 13.3. The molecule has 1 amide bonds. The number of carbonyl (C=O) groups excluding carboxylic acids is 2. The second kappa shape index (κ2) is 8.75. The van der Waals surface area contributed by atoms with Crippen LogP contribution in [0.1, 0.15) is 37.5 Å². The first-order chi connectivity index (χ1) is 16.5. The molecule has 0 saturated heterocycles. The van der Waals surface area contributed by atoms with Crippen molar-refractivity contribution in [1.82, 2.24) is 14.8 Å². The Bertz CT molecular complexity index is 1540. The number of aryl methyl sites for hydroxylation is 2. The normalized spacial score (nSPS) is 10.9. The van der Waals surface area contributed by atoms with Gasteiger partial charge in [-0.1, -0.05) is 66.7 Å². The molecular weight excluding hydrogens is 424 g/mol. The zero-order valence-corrected chi connectivity index (χ0v) is 18.8. The van der Waals surface area contributed by atoms with Crippen LogP contribution in [0.5, 0.6) is 0 Å². The van der Waals surface area contributed by atoms with Gasteiger partial charge in [-0.2, -0.15) is 9.78 Å². The van der Waals surface area contributed by atoms with Crippen molar-refractivity contribution < 1.29 is 9.59 Å². The first-order valence-electron chi connectivity index (χ1n) is 10.9. The van der Waals surface area contributed by atoms with E-state index in [4.69, 9.17) is 4.98 Å². The fourth-order valence-corrected chi connectivity index (χ4v) is 4.01. The second-order valence-electron chi connectivity index (χ2n) is 8.09. The summed E-state index contributed by atoms with van der Waals surface area (Å²) in [6.07, 6.45) is 0. The molecule has 0 unspecified atom stereocenters. The average Bonchev–Trinajstić information content (AvgIpc) is 3.24. The molecule has 0 aliphatic rings. The molecule has 6 nitrogen and oxygen atoms in total. The van der Waals surface area contributed by atoms with Crippen LogP contribution in [-0.2, 0) is 0 Å². The number of aromatic nitrogens is 3. The number of anilines is 1. The van der Waals surface area contributed by atoms with E-state index in [0.717, 1.165) is 22.2 Å². The molecule has 0 spiro atoms. The minimum absolute atomic E-state index is 0.206. The summed E-state index contributed by atoms with van der Waals surface area (Å²) in [4.78, 5) is 31.1. The van der Waals surface area contributed by atoms with Crippen LogP contribution in [0.4, 0.5) is 5.82 Å². The topological polar surface area (TPSA) is 76.9 Å². The average molecular weight is 447 g/mol. The molecular formula is C28H22N4O2. The molecule has 166 valence electrons. The zero-order valence-electron chi connectivity index (χ0n) is 18.8. The van der Waals surface area contributed by atoms with Gasteiger partial charge in [0.25, 0.3) is 5.91 Å². The van der Waals surface area contributed by atoms with Crippen LogP contribution in [0.2, 0.25) is 0 Å². The lowest BCUT2D eigenvalue weighted by Gasteiger charge is -2.12. The molecule has 2 heterocycles. The number of nitrogens with zero attached hydrogens (tertiary/aromatic N) is 3. The fourth-order valence-electron chi connectivity index (χ4n) is 4.01. The molecule has 0 radical (unpaired) electrons. The Labute approximate surface area is 196 Å². The van der Waals surface area contributed by atoms with Gasteiger partial charge in [-0.3, -0.25) is 9.59 Å². The third kappa shape index (κ3) is 3.97. The van der Waals surface area contributed by atoms with E-state index in [1.807, 2.05) is 50.2 Å². The highest BCUT2D eigenvalue weighted by Crippen LogP contribution is 2.23. The lowest BCUT2D eigenvalue weighted by Crippen LogP contribution is -2.19. The van der Waals surface area contributed by atoms with Crippen molar-refractivity contribution in [2.24, 2.45) is 0 Å². The van der Waals surface area contributed by atoms with Gasteiger partial charge in [-0.05, 0) is 37.6 Å². The molecule has 5 aromatic rings. The van der Waals surface area contributed by atoms with E-state index in [2.05, 4.69) is 10.4 Å². The van der Waals surface area contributed by atoms with E-state index in [1.165, 1.54) is 0 Å². The number of benzene rings is 3. The van der Waals surface area contributed by atoms with Crippen LogP contribution in [0.3, 0.4) is 0 Å². The predicted molar refractivity (Wildman–Crippen MR) is 133 cm³/mol. The highest BCUT2D eigenvalue weighted by atomic mass is 16.2. The molecule has 1 N–H and O–H groups in total. The van der Waals surface area contributed by atoms with Gasteiger partial charge >= 0.3 is 0 Å². The van der Waals surface area contributed by atoms with Crippen molar-refractivity contribution in [3.8, 4) is 5.82 Å². The van der Waals surface area contributed by atoms with Crippen molar-refractivity contribution in [1.29, 1.82) is 0 Å². The highest BCUT2D eigenvalue weighted by Gasteiger charge is 2.20. The number of fused-ring (bicyclic) bond motifs is 1. The Balaban J connectivity index is 1.51. The maximum absolute atomic E-state index is 13.3. The van der Waals surface area contributed by atoms with Gasteiger partial charge in [0.2, 0.25) is 0 Å². The van der Waals surface area contributed by atoms with E-state index < -0.39 is 5.91 Å². The highest BCUT2D eigenvalue weighted by molar-refractivity contribution is 6.17. The minimum atomic E-state index is -0.390. The number of hydrogen-bond donors (Lipinski definition) is 1. The van der Waals surface area contributed by atoms with Crippen molar-refractivity contribution in [2.75, 3.05) is 5.32 Å². The molecule has 0 aliphatic heterocycles. The zero-order chi connectivity index (χ0) is 23.7. The number of amides is 1. The quantitative estimate of drug-likeness (QED) is 0.361. The van der Waals surface area contributed by atoms with Gasteiger partial charge < -0.3 is 5.32 Å². The van der Waals surface area contributed by atoms with Gasteiger partial charge in [0.05, 0.1) is 16.8 Å². The van der Waals surface area contributed by atoms with Crippen molar-refractivity contribution in [2.45, 2.75) is 13.8 Å². The van der Waals surface area contributed by atoms with Crippen LogP contribution in [0.25, 0.3) is 16.7 Å². The molecule has 3 aromatic carbocycles. The molecule has 0 fully saturated rings. The maximum Gasteiger partial charge on any atom is 0.257 e. The first kappa shape index (κ1) is 21.3. The molecule has 2 aromatic heterocycles. The smallest absolute Gasteiger partial charge is 0.257 e. The van der Waals surface area contributed by atoms with Crippen LogP contribution in [0, 0.1) is 13.8 Å². The third-order valence-electron chi connectivity index (χ3n) is 5.65. The van der Waals surface area contributed by atoms with Gasteiger partial charge in [-0.25, -0.2) is 4.98 Å². The molecule has 6 heteroatoms. The van der Waals surface area contributed by atoms with Crippen LogP contribution in [0.15, 0.2) is 91.0 Å². The number of nitrogens with one attached hydrogen (secondary N) is 1. The van der Waals surface area contributed by atoms with E-state index in [1.54, 1.807) is 59.3 Å².